The molecule has 0 spiro atoms. The summed E-state index contributed by atoms with van der Waals surface area (Å²) in [7, 11) is 4.75. The number of rotatable bonds is 26. The SMILES string of the molecule is CCCCCCCCCCCCCCCCSCC(CNS(=O)(=O)CCC[N+](C)(C)C)COC. The highest BCUT2D eigenvalue weighted by Crippen LogP contribution is 2.15. The molecule has 0 fully saturated rings. The Bertz CT molecular complexity index is 536. The van der Waals surface area contributed by atoms with Crippen LogP contribution in [0.25, 0.3) is 0 Å². The van der Waals surface area contributed by atoms with E-state index in [2.05, 4.69) is 32.8 Å². The molecule has 0 saturated heterocycles. The van der Waals surface area contributed by atoms with E-state index in [9.17, 15) is 8.42 Å². The molecular weight excluding hydrogens is 464 g/mol. The molecule has 0 aliphatic carbocycles. The highest BCUT2D eigenvalue weighted by molar-refractivity contribution is 7.99. The Morgan fingerprint density at radius 1 is 0.794 bits per heavy atom. The molecule has 0 saturated carbocycles. The zero-order chi connectivity index (χ0) is 25.5. The number of sulfonamides is 1. The van der Waals surface area contributed by atoms with E-state index in [0.717, 1.165) is 22.5 Å². The predicted octanol–water partition coefficient (Wildman–Crippen LogP) is 6.48. The van der Waals surface area contributed by atoms with Gasteiger partial charge in [-0.3, -0.25) is 0 Å². The molecule has 0 aliphatic rings. The van der Waals surface area contributed by atoms with Gasteiger partial charge in [0.25, 0.3) is 0 Å². The van der Waals surface area contributed by atoms with E-state index in [0.29, 0.717) is 19.6 Å². The van der Waals surface area contributed by atoms with Crippen LogP contribution in [0.2, 0.25) is 0 Å². The van der Waals surface area contributed by atoms with Gasteiger partial charge >= 0.3 is 0 Å². The van der Waals surface area contributed by atoms with Crippen LogP contribution in [0, 0.1) is 5.92 Å². The summed E-state index contributed by atoms with van der Waals surface area (Å²) in [6.07, 6.45) is 20.1. The maximum Gasteiger partial charge on any atom is 0.211 e. The van der Waals surface area contributed by atoms with Gasteiger partial charge in [0.05, 0.1) is 40.0 Å². The molecule has 0 aromatic rings. The number of thioether (sulfide) groups is 1. The van der Waals surface area contributed by atoms with Crippen molar-refractivity contribution in [2.45, 2.75) is 103 Å². The normalized spacial score (nSPS) is 13.4. The number of hydrogen-bond acceptors (Lipinski definition) is 4. The van der Waals surface area contributed by atoms with Crippen molar-refractivity contribution in [3.63, 3.8) is 0 Å². The first-order chi connectivity index (χ1) is 16.2. The van der Waals surface area contributed by atoms with E-state index in [1.807, 2.05) is 11.8 Å². The summed E-state index contributed by atoms with van der Waals surface area (Å²) in [4.78, 5) is 0. The van der Waals surface area contributed by atoms with Gasteiger partial charge in [-0.2, -0.15) is 11.8 Å². The molecule has 0 aromatic carbocycles. The van der Waals surface area contributed by atoms with E-state index in [4.69, 9.17) is 4.74 Å². The third-order valence-corrected chi connectivity index (χ3v) is 8.95. The average Bonchev–Trinajstić information content (AvgIpc) is 2.76. The summed E-state index contributed by atoms with van der Waals surface area (Å²) in [6, 6.07) is 0. The summed E-state index contributed by atoms with van der Waals surface area (Å²) in [6.45, 7) is 4.22. The standard InChI is InChI=1S/C27H59N2O3S2/c1-6-7-8-9-10-11-12-13-14-15-16-17-18-19-22-33-26-27(25-32-5)24-28-34(30,31)23-20-21-29(2,3)4/h27-28H,6-26H2,1-5H3/q+1. The fourth-order valence-corrected chi connectivity index (χ4v) is 6.36. The fourth-order valence-electron chi connectivity index (χ4n) is 4.10. The largest absolute Gasteiger partial charge is 0.384 e. The summed E-state index contributed by atoms with van der Waals surface area (Å²) < 4.78 is 33.5. The van der Waals surface area contributed by atoms with Gasteiger partial charge in [-0.15, -0.1) is 0 Å². The lowest BCUT2D eigenvalue weighted by Gasteiger charge is -2.23. The Kier molecular flexibility index (Phi) is 22.5. The first-order valence-electron chi connectivity index (χ1n) is 14.0. The zero-order valence-corrected chi connectivity index (χ0v) is 25.0. The number of ether oxygens (including phenoxy) is 1. The minimum Gasteiger partial charge on any atom is -0.384 e. The molecular formula is C27H59N2O3S2+. The van der Waals surface area contributed by atoms with Gasteiger partial charge in [0.1, 0.15) is 0 Å². The number of quaternary nitrogens is 1. The van der Waals surface area contributed by atoms with Crippen LogP contribution >= 0.6 is 11.8 Å². The van der Waals surface area contributed by atoms with Gasteiger partial charge in [0.15, 0.2) is 0 Å². The highest BCUT2D eigenvalue weighted by atomic mass is 32.2. The molecule has 0 rings (SSSR count). The zero-order valence-electron chi connectivity index (χ0n) is 23.4. The molecule has 7 heteroatoms. The Morgan fingerprint density at radius 2 is 1.29 bits per heavy atom. The molecule has 0 bridgehead atoms. The molecule has 0 radical (unpaired) electrons. The number of hydrogen-bond donors (Lipinski definition) is 1. The Balaban J connectivity index is 3.66. The predicted molar refractivity (Wildman–Crippen MR) is 152 cm³/mol. The maximum absolute atomic E-state index is 12.3. The van der Waals surface area contributed by atoms with E-state index >= 15 is 0 Å². The molecule has 34 heavy (non-hydrogen) atoms. The smallest absolute Gasteiger partial charge is 0.211 e. The molecule has 0 aromatic heterocycles. The van der Waals surface area contributed by atoms with E-state index < -0.39 is 10.0 Å². The molecule has 1 unspecified atom stereocenters. The number of methoxy groups -OCH3 is 1. The number of nitrogens with one attached hydrogen (secondary N) is 1. The highest BCUT2D eigenvalue weighted by Gasteiger charge is 2.17. The van der Waals surface area contributed by atoms with Gasteiger partial charge in [0.2, 0.25) is 10.0 Å². The Hall–Kier alpha value is 0.180. The molecule has 0 heterocycles. The van der Waals surface area contributed by atoms with Crippen molar-refractivity contribution in [3.05, 3.63) is 0 Å². The molecule has 0 amide bonds. The van der Waals surface area contributed by atoms with Gasteiger partial charge in [-0.05, 0) is 17.9 Å². The van der Waals surface area contributed by atoms with Crippen LogP contribution in [0.3, 0.4) is 0 Å². The maximum atomic E-state index is 12.3. The third kappa shape index (κ3) is 25.3. The minimum atomic E-state index is -3.20. The lowest BCUT2D eigenvalue weighted by atomic mass is 10.0. The summed E-state index contributed by atoms with van der Waals surface area (Å²) in [5.74, 6) is 2.55. The quantitative estimate of drug-likeness (QED) is 0.104. The average molecular weight is 524 g/mol. The number of unbranched alkanes of at least 4 members (excludes halogenated alkanes) is 13. The summed E-state index contributed by atoms with van der Waals surface area (Å²) >= 11 is 1.94. The van der Waals surface area contributed by atoms with Crippen molar-refractivity contribution in [2.24, 2.45) is 5.92 Å². The Labute approximate surface area is 218 Å². The lowest BCUT2D eigenvalue weighted by Crippen LogP contribution is -2.38. The van der Waals surface area contributed by atoms with Crippen molar-refractivity contribution < 1.29 is 17.6 Å². The fraction of sp³-hybridized carbons (Fsp3) is 1.00. The van der Waals surface area contributed by atoms with Crippen LogP contribution in [-0.4, -0.2) is 78.1 Å². The van der Waals surface area contributed by atoms with Gasteiger partial charge < -0.3 is 9.22 Å². The molecule has 206 valence electrons. The second kappa shape index (κ2) is 22.4. The van der Waals surface area contributed by atoms with Crippen LogP contribution in [0.15, 0.2) is 0 Å². The van der Waals surface area contributed by atoms with Gasteiger partial charge in [-0.1, -0.05) is 90.4 Å². The summed E-state index contributed by atoms with van der Waals surface area (Å²) in [5.41, 5.74) is 0. The third-order valence-electron chi connectivity index (χ3n) is 6.23. The van der Waals surface area contributed by atoms with Crippen LogP contribution in [0.1, 0.15) is 103 Å². The minimum absolute atomic E-state index is 0.203. The van der Waals surface area contributed by atoms with E-state index in [-0.39, 0.29) is 11.7 Å². The van der Waals surface area contributed by atoms with Crippen molar-refractivity contribution >= 4 is 21.8 Å². The molecule has 0 aliphatic heterocycles. The van der Waals surface area contributed by atoms with Crippen molar-refractivity contribution in [2.75, 3.05) is 65.2 Å². The monoisotopic (exact) mass is 523 g/mol. The molecule has 5 nitrogen and oxygen atoms in total. The Morgan fingerprint density at radius 3 is 1.76 bits per heavy atom. The van der Waals surface area contributed by atoms with Crippen molar-refractivity contribution in [3.8, 4) is 0 Å². The topological polar surface area (TPSA) is 55.4 Å². The first kappa shape index (κ1) is 34.2. The van der Waals surface area contributed by atoms with E-state index in [1.165, 1.54) is 89.9 Å². The van der Waals surface area contributed by atoms with Crippen LogP contribution in [0.4, 0.5) is 0 Å². The van der Waals surface area contributed by atoms with Gasteiger partial charge in [0, 0.05) is 26.0 Å². The van der Waals surface area contributed by atoms with Gasteiger partial charge in [-0.25, -0.2) is 13.1 Å². The van der Waals surface area contributed by atoms with Crippen LogP contribution in [0.5, 0.6) is 0 Å². The van der Waals surface area contributed by atoms with Crippen LogP contribution < -0.4 is 4.72 Å². The van der Waals surface area contributed by atoms with Crippen molar-refractivity contribution in [1.29, 1.82) is 0 Å². The second-order valence-corrected chi connectivity index (χ2v) is 14.1. The first-order valence-corrected chi connectivity index (χ1v) is 16.9. The lowest BCUT2D eigenvalue weighted by molar-refractivity contribution is -0.870. The molecule has 1 atom stereocenters. The molecule has 1 N–H and O–H groups in total. The number of nitrogens with zero attached hydrogens (tertiary/aromatic N) is 1. The second-order valence-electron chi connectivity index (χ2n) is 11.0. The van der Waals surface area contributed by atoms with E-state index in [1.54, 1.807) is 7.11 Å². The van der Waals surface area contributed by atoms with Crippen LogP contribution in [-0.2, 0) is 14.8 Å². The summed E-state index contributed by atoms with van der Waals surface area (Å²) in [5, 5.41) is 0. The van der Waals surface area contributed by atoms with Crippen molar-refractivity contribution in [1.82, 2.24) is 4.72 Å².